The Morgan fingerprint density at radius 2 is 2.08 bits per heavy atom. The Bertz CT molecular complexity index is 819. The molecule has 3 atom stereocenters. The molecular formula is C19H23FN4OS. The maximum absolute atomic E-state index is 13.4. The smallest absolute Gasteiger partial charge is 0.274 e. The largest absolute Gasteiger partial charge is 0.354 e. The van der Waals surface area contributed by atoms with Gasteiger partial charge in [-0.25, -0.2) is 9.37 Å². The molecule has 2 bridgehead atoms. The number of fused-ring (bicyclic) bond motifs is 2. The predicted molar refractivity (Wildman–Crippen MR) is 102 cm³/mol. The van der Waals surface area contributed by atoms with Crippen LogP contribution in [-0.4, -0.2) is 48.5 Å². The number of hydrogen-bond acceptors (Lipinski definition) is 5. The molecule has 0 unspecified atom stereocenters. The van der Waals surface area contributed by atoms with Crippen LogP contribution in [0.25, 0.3) is 10.4 Å². The van der Waals surface area contributed by atoms with Crippen molar-refractivity contribution in [3.05, 3.63) is 35.8 Å². The number of piperidine rings is 1. The zero-order valence-corrected chi connectivity index (χ0v) is 15.8. The number of nitrogens with zero attached hydrogens (tertiary/aromatic N) is 3. The summed E-state index contributed by atoms with van der Waals surface area (Å²) in [6.07, 6.45) is 3.24. The van der Waals surface area contributed by atoms with Gasteiger partial charge in [-0.15, -0.1) is 0 Å². The second-order valence-corrected chi connectivity index (χ2v) is 8.30. The summed E-state index contributed by atoms with van der Waals surface area (Å²) in [5.74, 6) is 0.172. The number of halogens is 1. The Kier molecular flexibility index (Phi) is 4.44. The summed E-state index contributed by atoms with van der Waals surface area (Å²) in [4.78, 5) is 22.7. The lowest BCUT2D eigenvalue weighted by Crippen LogP contribution is -2.48. The molecule has 0 spiro atoms. The second-order valence-electron chi connectivity index (χ2n) is 7.32. The lowest BCUT2D eigenvalue weighted by atomic mass is 9.98. The van der Waals surface area contributed by atoms with Crippen molar-refractivity contribution in [3.8, 4) is 10.4 Å². The van der Waals surface area contributed by atoms with E-state index >= 15 is 0 Å². The predicted octanol–water partition coefficient (Wildman–Crippen LogP) is 2.97. The Morgan fingerprint density at radius 3 is 2.73 bits per heavy atom. The second kappa shape index (κ2) is 6.63. The Morgan fingerprint density at radius 1 is 1.35 bits per heavy atom. The van der Waals surface area contributed by atoms with E-state index in [4.69, 9.17) is 5.73 Å². The number of aromatic nitrogens is 1. The zero-order chi connectivity index (χ0) is 18.4. The Labute approximate surface area is 156 Å². The van der Waals surface area contributed by atoms with Crippen molar-refractivity contribution < 1.29 is 9.18 Å². The number of thiazole rings is 1. The van der Waals surface area contributed by atoms with Gasteiger partial charge in [0.1, 0.15) is 11.5 Å². The topological polar surface area (TPSA) is 62.5 Å². The highest BCUT2D eigenvalue weighted by Crippen LogP contribution is 2.44. The Hall–Kier alpha value is -1.99. The van der Waals surface area contributed by atoms with Gasteiger partial charge in [0, 0.05) is 32.7 Å². The molecule has 0 radical (unpaired) electrons. The average Bonchev–Trinajstić information content (AvgIpc) is 3.35. The highest BCUT2D eigenvalue weighted by Gasteiger charge is 2.48. The van der Waals surface area contributed by atoms with Crippen LogP contribution < -0.4 is 10.6 Å². The summed E-state index contributed by atoms with van der Waals surface area (Å²) in [6, 6.07) is 6.61. The summed E-state index contributed by atoms with van der Waals surface area (Å²) in [7, 11) is 3.81. The van der Waals surface area contributed by atoms with Gasteiger partial charge < -0.3 is 15.5 Å². The van der Waals surface area contributed by atoms with Gasteiger partial charge >= 0.3 is 0 Å². The van der Waals surface area contributed by atoms with Gasteiger partial charge in [-0.1, -0.05) is 23.5 Å². The molecule has 4 rings (SSSR count). The fraction of sp³-hybridized carbons (Fsp3) is 0.474. The fourth-order valence-electron chi connectivity index (χ4n) is 4.28. The lowest BCUT2D eigenvalue weighted by Gasteiger charge is -2.34. The number of rotatable bonds is 4. The van der Waals surface area contributed by atoms with Gasteiger partial charge in [-0.2, -0.15) is 0 Å². The first-order valence-corrected chi connectivity index (χ1v) is 9.78. The van der Waals surface area contributed by atoms with Crippen molar-refractivity contribution in [3.63, 3.8) is 0 Å². The van der Waals surface area contributed by atoms with Gasteiger partial charge in [0.15, 0.2) is 5.13 Å². The van der Waals surface area contributed by atoms with Crippen molar-refractivity contribution in [2.75, 3.05) is 25.5 Å². The number of hydrogen-bond donors (Lipinski definition) is 1. The van der Waals surface area contributed by atoms with E-state index in [9.17, 15) is 9.18 Å². The van der Waals surface area contributed by atoms with E-state index in [1.54, 1.807) is 12.1 Å². The van der Waals surface area contributed by atoms with Crippen LogP contribution in [0.1, 0.15) is 29.8 Å². The number of carbonyl (C=O) groups is 1. The highest BCUT2D eigenvalue weighted by atomic mass is 32.1. The van der Waals surface area contributed by atoms with E-state index in [-0.39, 0.29) is 23.8 Å². The molecule has 2 aromatic rings. The van der Waals surface area contributed by atoms with Crippen LogP contribution in [0.3, 0.4) is 0 Å². The number of carbonyl (C=O) groups excluding carboxylic acids is 1. The van der Waals surface area contributed by atoms with Crippen molar-refractivity contribution in [1.82, 2.24) is 9.88 Å². The van der Waals surface area contributed by atoms with E-state index in [0.717, 1.165) is 34.8 Å². The Balaban J connectivity index is 1.75. The van der Waals surface area contributed by atoms with Gasteiger partial charge in [0.2, 0.25) is 0 Å². The normalized spacial score (nSPS) is 24.3. The molecule has 1 saturated heterocycles. The van der Waals surface area contributed by atoms with E-state index in [1.807, 2.05) is 23.9 Å². The molecule has 2 fully saturated rings. The van der Waals surface area contributed by atoms with Crippen LogP contribution in [-0.2, 0) is 0 Å². The fourth-order valence-corrected chi connectivity index (χ4v) is 5.26. The van der Waals surface area contributed by atoms with Gasteiger partial charge in [0.25, 0.3) is 5.91 Å². The standard InChI is InChI=1S/C19H23FN4OS/c1-23(2)19-22-16(17(26-19)11-3-6-13(20)7-4-11)18(25)24-14-8-5-12(9-14)15(24)10-21/h3-4,6-7,12,14-15H,5,8-10,21H2,1-2H3/t12-,14+,15+/m0/s1. The van der Waals surface area contributed by atoms with Gasteiger partial charge in [-0.05, 0) is 42.9 Å². The molecule has 1 aromatic heterocycles. The number of amides is 1. The first kappa shape index (κ1) is 17.4. The van der Waals surface area contributed by atoms with Crippen molar-refractivity contribution in [1.29, 1.82) is 0 Å². The maximum atomic E-state index is 13.4. The van der Waals surface area contributed by atoms with Crippen LogP contribution in [0.15, 0.2) is 24.3 Å². The molecule has 1 aromatic carbocycles. The third kappa shape index (κ3) is 2.79. The molecule has 7 heteroatoms. The average molecular weight is 374 g/mol. The SMILES string of the molecule is CN(C)c1nc(C(=O)N2[C@@H]3CC[C@@H](C3)[C@H]2CN)c(-c2ccc(F)cc2)s1. The van der Waals surface area contributed by atoms with Crippen LogP contribution in [0.5, 0.6) is 0 Å². The molecule has 1 aliphatic heterocycles. The van der Waals surface area contributed by atoms with Crippen LogP contribution >= 0.6 is 11.3 Å². The molecule has 2 heterocycles. The summed E-state index contributed by atoms with van der Waals surface area (Å²) in [5.41, 5.74) is 7.25. The van der Waals surface area contributed by atoms with E-state index in [0.29, 0.717) is 18.2 Å². The minimum atomic E-state index is -0.293. The number of nitrogens with two attached hydrogens (primary N) is 1. The molecule has 5 nitrogen and oxygen atoms in total. The zero-order valence-electron chi connectivity index (χ0n) is 15.0. The summed E-state index contributed by atoms with van der Waals surface area (Å²) in [5, 5.41) is 0.765. The number of benzene rings is 1. The lowest BCUT2D eigenvalue weighted by molar-refractivity contribution is 0.0598. The third-order valence-electron chi connectivity index (χ3n) is 5.52. The van der Waals surface area contributed by atoms with E-state index in [2.05, 4.69) is 4.98 Å². The molecule has 1 aliphatic carbocycles. The van der Waals surface area contributed by atoms with Crippen molar-refractivity contribution >= 4 is 22.4 Å². The minimum Gasteiger partial charge on any atom is -0.354 e. The molecule has 1 saturated carbocycles. The van der Waals surface area contributed by atoms with Crippen LogP contribution in [0.4, 0.5) is 9.52 Å². The van der Waals surface area contributed by atoms with E-state index < -0.39 is 0 Å². The van der Waals surface area contributed by atoms with Crippen LogP contribution in [0.2, 0.25) is 0 Å². The molecule has 1 amide bonds. The molecule has 2 N–H and O–H groups in total. The van der Waals surface area contributed by atoms with E-state index in [1.165, 1.54) is 23.5 Å². The molecular weight excluding hydrogens is 351 g/mol. The highest BCUT2D eigenvalue weighted by molar-refractivity contribution is 7.19. The summed E-state index contributed by atoms with van der Waals surface area (Å²) < 4.78 is 13.3. The minimum absolute atomic E-state index is 0.0451. The number of likely N-dealkylation sites (tertiary alicyclic amines) is 1. The maximum Gasteiger partial charge on any atom is 0.274 e. The summed E-state index contributed by atoms with van der Waals surface area (Å²) >= 11 is 1.46. The first-order valence-electron chi connectivity index (χ1n) is 8.96. The van der Waals surface area contributed by atoms with Crippen molar-refractivity contribution in [2.45, 2.75) is 31.3 Å². The van der Waals surface area contributed by atoms with Crippen LogP contribution in [0, 0.1) is 11.7 Å². The third-order valence-corrected chi connectivity index (χ3v) is 6.80. The number of anilines is 1. The monoisotopic (exact) mass is 374 g/mol. The summed E-state index contributed by atoms with van der Waals surface area (Å²) in [6.45, 7) is 0.490. The van der Waals surface area contributed by atoms with Gasteiger partial charge in [0.05, 0.1) is 4.88 Å². The molecule has 2 aliphatic rings. The van der Waals surface area contributed by atoms with Crippen molar-refractivity contribution in [2.24, 2.45) is 11.7 Å². The first-order chi connectivity index (χ1) is 12.5. The molecule has 138 valence electrons. The molecule has 26 heavy (non-hydrogen) atoms. The van der Waals surface area contributed by atoms with Gasteiger partial charge in [-0.3, -0.25) is 4.79 Å². The quantitative estimate of drug-likeness (QED) is 0.894.